The van der Waals surface area contributed by atoms with E-state index in [1.165, 1.54) is 0 Å². The van der Waals surface area contributed by atoms with E-state index in [1.54, 1.807) is 36.4 Å². The lowest BCUT2D eigenvalue weighted by molar-refractivity contribution is 0.355. The summed E-state index contributed by atoms with van der Waals surface area (Å²) in [6, 6.07) is 9.44. The predicted octanol–water partition coefficient (Wildman–Crippen LogP) is 2.12. The molecule has 0 saturated heterocycles. The molecule has 2 aromatic carbocycles. The maximum Gasteiger partial charge on any atom is 0.240 e. The van der Waals surface area contributed by atoms with E-state index in [9.17, 15) is 16.8 Å². The van der Waals surface area contributed by atoms with Crippen LogP contribution in [-0.4, -0.2) is 42.1 Å². The molecule has 2 N–H and O–H groups in total. The van der Waals surface area contributed by atoms with Crippen LogP contribution < -0.4 is 18.9 Å². The number of hydrogen-bond donors (Lipinski definition) is 2. The highest BCUT2D eigenvalue weighted by Crippen LogP contribution is 2.30. The van der Waals surface area contributed by atoms with Crippen molar-refractivity contribution in [3.8, 4) is 11.5 Å². The lowest BCUT2D eigenvalue weighted by Crippen LogP contribution is -2.43. The molecule has 0 aromatic heterocycles. The molecule has 3 aliphatic rings. The molecule has 0 amide bonds. The van der Waals surface area contributed by atoms with E-state index in [0.29, 0.717) is 51.7 Å². The standard InChI is InChI=1S/C22H26N2O6S2/c25-31(26,19-5-7-21-15(13-19)9-11-29-21)23-17-1-2-18(4-3-17)24-32(27,28)20-6-8-22-16(14-20)10-12-30-22/h5-8,13-14,17-18,23-24H,1-4,9-12H2. The number of rotatable bonds is 6. The van der Waals surface area contributed by atoms with Gasteiger partial charge in [0.05, 0.1) is 23.0 Å². The zero-order chi connectivity index (χ0) is 22.3. The molecule has 0 radical (unpaired) electrons. The zero-order valence-corrected chi connectivity index (χ0v) is 19.2. The van der Waals surface area contributed by atoms with Gasteiger partial charge in [0.15, 0.2) is 0 Å². The Bertz CT molecular complexity index is 1140. The largest absolute Gasteiger partial charge is 0.493 e. The van der Waals surface area contributed by atoms with Crippen LogP contribution in [-0.2, 0) is 32.9 Å². The van der Waals surface area contributed by atoms with E-state index in [1.807, 2.05) is 0 Å². The van der Waals surface area contributed by atoms with Crippen molar-refractivity contribution >= 4 is 20.0 Å². The summed E-state index contributed by atoms with van der Waals surface area (Å²) >= 11 is 0. The Hall–Kier alpha value is -2.14. The van der Waals surface area contributed by atoms with Gasteiger partial charge in [-0.1, -0.05) is 0 Å². The van der Waals surface area contributed by atoms with Crippen molar-refractivity contribution in [2.45, 2.75) is 60.4 Å². The van der Waals surface area contributed by atoms with Gasteiger partial charge in [-0.15, -0.1) is 0 Å². The first-order valence-corrected chi connectivity index (χ1v) is 13.8. The maximum absolute atomic E-state index is 12.8. The van der Waals surface area contributed by atoms with Crippen LogP contribution >= 0.6 is 0 Å². The van der Waals surface area contributed by atoms with Gasteiger partial charge in [-0.05, 0) is 73.2 Å². The van der Waals surface area contributed by atoms with E-state index in [0.717, 1.165) is 22.6 Å². The van der Waals surface area contributed by atoms with Gasteiger partial charge in [-0.25, -0.2) is 26.3 Å². The third-order valence-electron chi connectivity index (χ3n) is 6.31. The summed E-state index contributed by atoms with van der Waals surface area (Å²) in [5.74, 6) is 1.49. The molecular weight excluding hydrogens is 452 g/mol. The molecule has 32 heavy (non-hydrogen) atoms. The van der Waals surface area contributed by atoms with Crippen molar-refractivity contribution in [3.05, 3.63) is 47.5 Å². The number of benzene rings is 2. The molecule has 10 heteroatoms. The van der Waals surface area contributed by atoms with Gasteiger partial charge in [0.25, 0.3) is 0 Å². The summed E-state index contributed by atoms with van der Waals surface area (Å²) in [4.78, 5) is 0.482. The summed E-state index contributed by atoms with van der Waals surface area (Å²) in [5, 5.41) is 0. The van der Waals surface area contributed by atoms with Crippen LogP contribution in [0.4, 0.5) is 0 Å². The molecule has 2 heterocycles. The Morgan fingerprint density at radius 1 is 0.656 bits per heavy atom. The highest BCUT2D eigenvalue weighted by atomic mass is 32.2. The third kappa shape index (κ3) is 4.36. The fraction of sp³-hybridized carbons (Fsp3) is 0.455. The average Bonchev–Trinajstić information content (AvgIpc) is 3.42. The summed E-state index contributed by atoms with van der Waals surface area (Å²) in [6.07, 6.45) is 3.69. The molecule has 1 saturated carbocycles. The van der Waals surface area contributed by atoms with Crippen LogP contribution in [0, 0.1) is 0 Å². The van der Waals surface area contributed by atoms with Crippen LogP contribution in [0.15, 0.2) is 46.2 Å². The van der Waals surface area contributed by atoms with Crippen LogP contribution in [0.5, 0.6) is 11.5 Å². The minimum atomic E-state index is -3.64. The van der Waals surface area contributed by atoms with E-state index in [-0.39, 0.29) is 21.9 Å². The molecule has 2 aromatic rings. The van der Waals surface area contributed by atoms with Crippen molar-refractivity contribution in [2.24, 2.45) is 0 Å². The minimum Gasteiger partial charge on any atom is -0.493 e. The molecular formula is C22H26N2O6S2. The number of fused-ring (bicyclic) bond motifs is 2. The number of ether oxygens (including phenoxy) is 2. The van der Waals surface area contributed by atoms with Crippen molar-refractivity contribution in [1.82, 2.24) is 9.44 Å². The molecule has 0 spiro atoms. The van der Waals surface area contributed by atoms with Crippen LogP contribution in [0.2, 0.25) is 0 Å². The average molecular weight is 479 g/mol. The second-order valence-electron chi connectivity index (χ2n) is 8.53. The van der Waals surface area contributed by atoms with E-state index in [4.69, 9.17) is 9.47 Å². The Labute approximate surface area is 188 Å². The van der Waals surface area contributed by atoms with Crippen molar-refractivity contribution < 1.29 is 26.3 Å². The molecule has 1 fully saturated rings. The summed E-state index contributed by atoms with van der Waals surface area (Å²) in [6.45, 7) is 1.15. The lowest BCUT2D eigenvalue weighted by atomic mass is 9.92. The smallest absolute Gasteiger partial charge is 0.240 e. The third-order valence-corrected chi connectivity index (χ3v) is 9.35. The minimum absolute atomic E-state index is 0.220. The van der Waals surface area contributed by atoms with E-state index < -0.39 is 20.0 Å². The van der Waals surface area contributed by atoms with Gasteiger partial charge in [-0.3, -0.25) is 0 Å². The second-order valence-corrected chi connectivity index (χ2v) is 12.0. The number of nitrogens with one attached hydrogen (secondary N) is 2. The molecule has 5 rings (SSSR count). The van der Waals surface area contributed by atoms with Gasteiger partial charge in [0.1, 0.15) is 11.5 Å². The molecule has 1 aliphatic carbocycles. The van der Waals surface area contributed by atoms with Gasteiger partial charge in [-0.2, -0.15) is 0 Å². The normalized spacial score (nSPS) is 22.6. The Kier molecular flexibility index (Phi) is 5.65. The van der Waals surface area contributed by atoms with Crippen LogP contribution in [0.1, 0.15) is 36.8 Å². The Balaban J connectivity index is 1.19. The zero-order valence-electron chi connectivity index (χ0n) is 17.5. The topological polar surface area (TPSA) is 111 Å². The molecule has 2 aliphatic heterocycles. The van der Waals surface area contributed by atoms with Crippen molar-refractivity contribution in [1.29, 1.82) is 0 Å². The van der Waals surface area contributed by atoms with Gasteiger partial charge in [0.2, 0.25) is 20.0 Å². The number of sulfonamides is 2. The van der Waals surface area contributed by atoms with E-state index in [2.05, 4.69) is 9.44 Å². The van der Waals surface area contributed by atoms with Gasteiger partial charge < -0.3 is 9.47 Å². The molecule has 0 unspecified atom stereocenters. The fourth-order valence-corrected chi connectivity index (χ4v) is 7.27. The quantitative estimate of drug-likeness (QED) is 0.658. The summed E-state index contributed by atoms with van der Waals surface area (Å²) in [5.41, 5.74) is 1.81. The van der Waals surface area contributed by atoms with E-state index >= 15 is 0 Å². The summed E-state index contributed by atoms with van der Waals surface area (Å²) < 4.78 is 67.7. The summed E-state index contributed by atoms with van der Waals surface area (Å²) in [7, 11) is -7.28. The molecule has 0 atom stereocenters. The Morgan fingerprint density at radius 2 is 1.06 bits per heavy atom. The second kappa shape index (κ2) is 8.33. The number of hydrogen-bond acceptors (Lipinski definition) is 6. The van der Waals surface area contributed by atoms with Gasteiger partial charge in [0, 0.05) is 24.9 Å². The first kappa shape index (κ1) is 21.7. The first-order chi connectivity index (χ1) is 15.3. The SMILES string of the molecule is O=S(=O)(NC1CCC(NS(=O)(=O)c2ccc3c(c2)CCO3)CC1)c1ccc2c(c1)CCO2. The highest BCUT2D eigenvalue weighted by Gasteiger charge is 2.29. The van der Waals surface area contributed by atoms with Gasteiger partial charge >= 0.3 is 0 Å². The molecule has 0 bridgehead atoms. The fourth-order valence-electron chi connectivity index (χ4n) is 4.56. The van der Waals surface area contributed by atoms with Crippen LogP contribution in [0.3, 0.4) is 0 Å². The lowest BCUT2D eigenvalue weighted by Gasteiger charge is -2.29. The highest BCUT2D eigenvalue weighted by molar-refractivity contribution is 7.89. The Morgan fingerprint density at radius 3 is 1.47 bits per heavy atom. The van der Waals surface area contributed by atoms with Crippen molar-refractivity contribution in [3.63, 3.8) is 0 Å². The monoisotopic (exact) mass is 478 g/mol. The molecule has 8 nitrogen and oxygen atoms in total. The van der Waals surface area contributed by atoms with Crippen molar-refractivity contribution in [2.75, 3.05) is 13.2 Å². The van der Waals surface area contributed by atoms with Crippen LogP contribution in [0.25, 0.3) is 0 Å². The maximum atomic E-state index is 12.8. The molecule has 172 valence electrons. The predicted molar refractivity (Wildman–Crippen MR) is 118 cm³/mol. The first-order valence-electron chi connectivity index (χ1n) is 10.9.